The molecule has 0 aliphatic carbocycles. The summed E-state index contributed by atoms with van der Waals surface area (Å²) in [4.78, 5) is 35.4. The maximum atomic E-state index is 11.9. The molecule has 0 unspecified atom stereocenters. The number of benzene rings is 2. The van der Waals surface area contributed by atoms with Crippen molar-refractivity contribution in [3.63, 3.8) is 0 Å². The number of ether oxygens (including phenoxy) is 3. The molecule has 0 aromatic heterocycles. The van der Waals surface area contributed by atoms with Crippen LogP contribution in [0.4, 0.5) is 10.5 Å². The lowest BCUT2D eigenvalue weighted by Gasteiger charge is -2.19. The van der Waals surface area contributed by atoms with Crippen molar-refractivity contribution in [2.24, 2.45) is 0 Å². The van der Waals surface area contributed by atoms with Crippen LogP contribution in [0.15, 0.2) is 48.5 Å². The number of nitrogens with one attached hydrogen (secondary N) is 2. The van der Waals surface area contributed by atoms with Gasteiger partial charge in [-0.3, -0.25) is 10.1 Å². The van der Waals surface area contributed by atoms with Gasteiger partial charge in [-0.25, -0.2) is 9.59 Å². The van der Waals surface area contributed by atoms with Gasteiger partial charge in [-0.1, -0.05) is 29.8 Å². The Morgan fingerprint density at radius 2 is 1.76 bits per heavy atom. The highest BCUT2D eigenvalue weighted by molar-refractivity contribution is 6.02. The number of carbonyl (C=O) groups is 3. The maximum absolute atomic E-state index is 11.9. The lowest BCUT2D eigenvalue weighted by Crippen LogP contribution is -2.37. The van der Waals surface area contributed by atoms with E-state index in [0.29, 0.717) is 30.4 Å². The van der Waals surface area contributed by atoms with Gasteiger partial charge in [0.05, 0.1) is 0 Å². The number of aryl methyl sites for hydroxylation is 1. The second kappa shape index (κ2) is 9.41. The van der Waals surface area contributed by atoms with E-state index in [0.717, 1.165) is 11.1 Å². The standard InChI is InChI=1S/C21H20N2O6/c1-14-2-4-15(5-3-14)6-9-20(25)29-13-19(24)23-21(26)22-16-7-8-17-18(12-16)28-11-10-27-17/h2-9,12H,10-11,13H2,1H3,(H2,22,23,24,26)/b9-6+. The molecule has 29 heavy (non-hydrogen) atoms. The van der Waals surface area contributed by atoms with Crippen LogP contribution in [-0.2, 0) is 14.3 Å². The summed E-state index contributed by atoms with van der Waals surface area (Å²) in [5.74, 6) is -0.344. The number of anilines is 1. The number of amides is 3. The molecule has 150 valence electrons. The average molecular weight is 396 g/mol. The smallest absolute Gasteiger partial charge is 0.331 e. The molecule has 0 bridgehead atoms. The summed E-state index contributed by atoms with van der Waals surface area (Å²) in [6, 6.07) is 11.7. The fourth-order valence-corrected chi connectivity index (χ4v) is 2.47. The highest BCUT2D eigenvalue weighted by atomic mass is 16.6. The monoisotopic (exact) mass is 396 g/mol. The molecule has 0 spiro atoms. The number of esters is 1. The zero-order chi connectivity index (χ0) is 20.6. The molecule has 0 atom stereocenters. The quantitative estimate of drug-likeness (QED) is 0.595. The van der Waals surface area contributed by atoms with E-state index in [1.807, 2.05) is 31.2 Å². The van der Waals surface area contributed by atoms with E-state index >= 15 is 0 Å². The van der Waals surface area contributed by atoms with Gasteiger partial charge in [-0.05, 0) is 30.7 Å². The van der Waals surface area contributed by atoms with Crippen LogP contribution in [0.2, 0.25) is 0 Å². The fraction of sp³-hybridized carbons (Fsp3) is 0.190. The largest absolute Gasteiger partial charge is 0.486 e. The van der Waals surface area contributed by atoms with Gasteiger partial charge in [0.1, 0.15) is 13.2 Å². The van der Waals surface area contributed by atoms with Gasteiger partial charge in [0.15, 0.2) is 18.1 Å². The summed E-state index contributed by atoms with van der Waals surface area (Å²) in [6.07, 6.45) is 2.79. The number of fused-ring (bicyclic) bond motifs is 1. The van der Waals surface area contributed by atoms with E-state index in [9.17, 15) is 14.4 Å². The van der Waals surface area contributed by atoms with Gasteiger partial charge in [0, 0.05) is 17.8 Å². The van der Waals surface area contributed by atoms with Crippen molar-refractivity contribution in [1.29, 1.82) is 0 Å². The highest BCUT2D eigenvalue weighted by Gasteiger charge is 2.14. The first-order valence-corrected chi connectivity index (χ1v) is 8.91. The molecular weight excluding hydrogens is 376 g/mol. The third kappa shape index (κ3) is 6.10. The Morgan fingerprint density at radius 3 is 2.52 bits per heavy atom. The first kappa shape index (κ1) is 19.9. The Labute approximate surface area is 167 Å². The summed E-state index contributed by atoms with van der Waals surface area (Å²) in [6.45, 7) is 2.27. The molecule has 0 saturated heterocycles. The molecule has 2 aromatic carbocycles. The van der Waals surface area contributed by atoms with Crippen molar-refractivity contribution in [3.8, 4) is 11.5 Å². The summed E-state index contributed by atoms with van der Waals surface area (Å²) in [7, 11) is 0. The van der Waals surface area contributed by atoms with Crippen LogP contribution in [0.25, 0.3) is 6.08 Å². The second-order valence-corrected chi connectivity index (χ2v) is 6.21. The van der Waals surface area contributed by atoms with Crippen LogP contribution in [-0.4, -0.2) is 37.7 Å². The SMILES string of the molecule is Cc1ccc(/C=C/C(=O)OCC(=O)NC(=O)Nc2ccc3c(c2)OCCO3)cc1. The first-order chi connectivity index (χ1) is 14.0. The molecule has 1 heterocycles. The van der Waals surface area contributed by atoms with Crippen molar-refractivity contribution in [1.82, 2.24) is 5.32 Å². The predicted molar refractivity (Wildman–Crippen MR) is 106 cm³/mol. The Balaban J connectivity index is 1.42. The number of hydrogen-bond acceptors (Lipinski definition) is 6. The van der Waals surface area contributed by atoms with Crippen molar-refractivity contribution in [2.45, 2.75) is 6.92 Å². The molecule has 3 amide bonds. The topological polar surface area (TPSA) is 103 Å². The zero-order valence-electron chi connectivity index (χ0n) is 15.8. The first-order valence-electron chi connectivity index (χ1n) is 8.91. The van der Waals surface area contributed by atoms with Gasteiger partial charge in [-0.2, -0.15) is 0 Å². The Hall–Kier alpha value is -3.81. The Morgan fingerprint density at radius 1 is 1.03 bits per heavy atom. The summed E-state index contributed by atoms with van der Waals surface area (Å²) in [5, 5.41) is 4.58. The Kier molecular flexibility index (Phi) is 6.47. The van der Waals surface area contributed by atoms with Crippen LogP contribution in [0, 0.1) is 6.92 Å². The summed E-state index contributed by atoms with van der Waals surface area (Å²) >= 11 is 0. The van der Waals surface area contributed by atoms with Gasteiger partial charge < -0.3 is 19.5 Å². The van der Waals surface area contributed by atoms with E-state index in [2.05, 4.69) is 10.6 Å². The average Bonchev–Trinajstić information content (AvgIpc) is 2.71. The van der Waals surface area contributed by atoms with Crippen LogP contribution in [0.3, 0.4) is 0 Å². The zero-order valence-corrected chi connectivity index (χ0v) is 15.8. The van der Waals surface area contributed by atoms with Gasteiger partial charge in [0.2, 0.25) is 0 Å². The highest BCUT2D eigenvalue weighted by Crippen LogP contribution is 2.32. The fourth-order valence-electron chi connectivity index (χ4n) is 2.47. The molecule has 8 heteroatoms. The van der Waals surface area contributed by atoms with Gasteiger partial charge in [0.25, 0.3) is 5.91 Å². The maximum Gasteiger partial charge on any atom is 0.331 e. The number of hydrogen-bond donors (Lipinski definition) is 2. The van der Waals surface area contributed by atoms with E-state index in [1.54, 1.807) is 24.3 Å². The number of urea groups is 1. The Bertz CT molecular complexity index is 937. The minimum atomic E-state index is -0.753. The molecule has 0 radical (unpaired) electrons. The molecule has 1 aliphatic rings. The van der Waals surface area contributed by atoms with Crippen LogP contribution in [0.1, 0.15) is 11.1 Å². The minimum Gasteiger partial charge on any atom is -0.486 e. The van der Waals surface area contributed by atoms with Crippen LogP contribution in [0.5, 0.6) is 11.5 Å². The lowest BCUT2D eigenvalue weighted by molar-refractivity contribution is -0.143. The summed E-state index contributed by atoms with van der Waals surface area (Å²) < 4.78 is 15.6. The molecule has 2 aromatic rings. The van der Waals surface area contributed by atoms with E-state index in [-0.39, 0.29) is 0 Å². The van der Waals surface area contributed by atoms with Gasteiger partial charge in [-0.15, -0.1) is 0 Å². The molecule has 1 aliphatic heterocycles. The predicted octanol–water partition coefficient (Wildman–Crippen LogP) is 2.67. The van der Waals surface area contributed by atoms with E-state index in [4.69, 9.17) is 14.2 Å². The van der Waals surface area contributed by atoms with Crippen LogP contribution < -0.4 is 20.1 Å². The molecule has 0 saturated carbocycles. The third-order valence-electron chi connectivity index (χ3n) is 3.89. The second-order valence-electron chi connectivity index (χ2n) is 6.21. The number of rotatable bonds is 5. The minimum absolute atomic E-state index is 0.421. The number of imide groups is 1. The molecule has 8 nitrogen and oxygen atoms in total. The van der Waals surface area contributed by atoms with E-state index in [1.165, 1.54) is 6.08 Å². The van der Waals surface area contributed by atoms with Crippen LogP contribution >= 0.6 is 0 Å². The third-order valence-corrected chi connectivity index (χ3v) is 3.89. The van der Waals surface area contributed by atoms with Gasteiger partial charge >= 0.3 is 12.0 Å². The van der Waals surface area contributed by atoms with Crippen molar-refractivity contribution in [2.75, 3.05) is 25.1 Å². The molecule has 2 N–H and O–H groups in total. The lowest BCUT2D eigenvalue weighted by atomic mass is 10.1. The van der Waals surface area contributed by atoms with Crippen molar-refractivity contribution >= 4 is 29.7 Å². The molecule has 0 fully saturated rings. The van der Waals surface area contributed by atoms with E-state index < -0.39 is 24.5 Å². The normalized spacial score (nSPS) is 12.3. The van der Waals surface area contributed by atoms with Crippen molar-refractivity contribution in [3.05, 3.63) is 59.7 Å². The number of carbonyl (C=O) groups excluding carboxylic acids is 3. The molecule has 3 rings (SSSR count). The van der Waals surface area contributed by atoms with Crippen molar-refractivity contribution < 1.29 is 28.6 Å². The summed E-state index contributed by atoms with van der Waals surface area (Å²) in [5.41, 5.74) is 2.37. The molecular formula is C21H20N2O6.